The number of aromatic carboxylic acids is 1. The maximum Gasteiger partial charge on any atom is 0.341 e. The molecule has 2 N–H and O–H groups in total. The fourth-order valence-corrected chi connectivity index (χ4v) is 7.00. The van der Waals surface area contributed by atoms with Crippen LogP contribution in [-0.2, 0) is 24.1 Å². The molecule has 212 valence electrons. The lowest BCUT2D eigenvalue weighted by atomic mass is 9.88. The number of carbonyl (C=O) groups is 2. The van der Waals surface area contributed by atoms with Crippen LogP contribution in [0.3, 0.4) is 0 Å². The summed E-state index contributed by atoms with van der Waals surface area (Å²) in [5.74, 6) is -0.525. The lowest BCUT2D eigenvalue weighted by molar-refractivity contribution is 0.0526. The molecule has 0 saturated carbocycles. The topological polar surface area (TPSA) is 130 Å². The van der Waals surface area contributed by atoms with Gasteiger partial charge in [-0.1, -0.05) is 6.92 Å². The number of nitrogens with one attached hydrogen (secondary N) is 1. The number of carboxylic acids is 1. The van der Waals surface area contributed by atoms with Gasteiger partial charge < -0.3 is 29.5 Å². The van der Waals surface area contributed by atoms with Crippen molar-refractivity contribution in [3.8, 4) is 0 Å². The summed E-state index contributed by atoms with van der Waals surface area (Å²) in [5, 5.41) is 14.2. The second kappa shape index (κ2) is 11.5. The van der Waals surface area contributed by atoms with E-state index in [-0.39, 0.29) is 16.9 Å². The van der Waals surface area contributed by atoms with Gasteiger partial charge >= 0.3 is 11.9 Å². The number of thiophene rings is 1. The van der Waals surface area contributed by atoms with Gasteiger partial charge in [0.1, 0.15) is 16.2 Å². The summed E-state index contributed by atoms with van der Waals surface area (Å²) < 4.78 is 7.04. The summed E-state index contributed by atoms with van der Waals surface area (Å²) in [6.45, 7) is 9.10. The van der Waals surface area contributed by atoms with E-state index in [0.29, 0.717) is 67.5 Å². The molecule has 1 aliphatic heterocycles. The smallest absolute Gasteiger partial charge is 0.341 e. The lowest BCUT2D eigenvalue weighted by Crippen LogP contribution is -2.50. The van der Waals surface area contributed by atoms with Gasteiger partial charge in [0.2, 0.25) is 11.4 Å². The molecule has 2 aliphatic rings. The van der Waals surface area contributed by atoms with Crippen molar-refractivity contribution in [2.45, 2.75) is 46.6 Å². The zero-order valence-corrected chi connectivity index (χ0v) is 24.4. The van der Waals surface area contributed by atoms with E-state index in [0.717, 1.165) is 29.8 Å². The van der Waals surface area contributed by atoms with E-state index in [1.807, 2.05) is 18.7 Å². The molecule has 0 radical (unpaired) electrons. The number of anilines is 2. The summed E-state index contributed by atoms with van der Waals surface area (Å²) in [5.41, 5.74) is 1.22. The molecule has 3 aromatic rings. The zero-order valence-electron chi connectivity index (χ0n) is 22.7. The third-order valence-electron chi connectivity index (χ3n) is 7.43. The summed E-state index contributed by atoms with van der Waals surface area (Å²) in [6.07, 6.45) is 5.61. The molecule has 0 amide bonds. The van der Waals surface area contributed by atoms with Gasteiger partial charge in [-0.05, 0) is 56.8 Å². The Labute approximate surface area is 240 Å². The molecule has 13 heteroatoms. The summed E-state index contributed by atoms with van der Waals surface area (Å²) in [6, 6.07) is 0. The summed E-state index contributed by atoms with van der Waals surface area (Å²) in [4.78, 5) is 51.3. The molecule has 1 saturated heterocycles. The first kappa shape index (κ1) is 28.0. The quantitative estimate of drug-likeness (QED) is 0.327. The van der Waals surface area contributed by atoms with Crippen LogP contribution in [0.15, 0.2) is 17.2 Å². The van der Waals surface area contributed by atoms with E-state index < -0.39 is 11.4 Å². The lowest BCUT2D eigenvalue weighted by Gasteiger charge is -2.36. The molecule has 1 fully saturated rings. The van der Waals surface area contributed by atoms with Crippen LogP contribution in [-0.4, -0.2) is 74.4 Å². The fraction of sp³-hybridized carbons (Fsp3) is 0.481. The van der Waals surface area contributed by atoms with Crippen molar-refractivity contribution in [1.82, 2.24) is 19.4 Å². The second-order valence-electron chi connectivity index (χ2n) is 10.1. The number of piperazine rings is 1. The maximum atomic E-state index is 12.9. The first-order chi connectivity index (χ1) is 19.2. The molecular weight excluding hydrogens is 552 g/mol. The number of thiocarbonyl (C=S) groups is 1. The molecule has 0 unspecified atom stereocenters. The average Bonchev–Trinajstić information content (AvgIpc) is 3.29. The molecule has 0 spiro atoms. The van der Waals surface area contributed by atoms with Gasteiger partial charge in [0.25, 0.3) is 0 Å². The molecular formula is C27H32N6O5S2. The van der Waals surface area contributed by atoms with Crippen LogP contribution < -0.4 is 15.6 Å². The van der Waals surface area contributed by atoms with Crippen LogP contribution in [0.2, 0.25) is 0 Å². The van der Waals surface area contributed by atoms with E-state index in [1.54, 1.807) is 15.9 Å². The molecule has 1 aliphatic carbocycles. The Balaban J connectivity index is 1.31. The van der Waals surface area contributed by atoms with Crippen molar-refractivity contribution >= 4 is 62.6 Å². The Morgan fingerprint density at radius 3 is 2.67 bits per heavy atom. The van der Waals surface area contributed by atoms with Crippen molar-refractivity contribution in [2.24, 2.45) is 5.92 Å². The Morgan fingerprint density at radius 1 is 1.25 bits per heavy atom. The van der Waals surface area contributed by atoms with Gasteiger partial charge in [-0.3, -0.25) is 4.79 Å². The van der Waals surface area contributed by atoms with E-state index in [9.17, 15) is 19.5 Å². The molecule has 0 aromatic carbocycles. The third kappa shape index (κ3) is 5.27. The zero-order chi connectivity index (χ0) is 28.6. The normalized spacial score (nSPS) is 17.0. The molecule has 1 atom stereocenters. The second-order valence-corrected chi connectivity index (χ2v) is 11.5. The standard InChI is InChI=1S/C27H32N6O5S2/c1-4-31-14-18(24(35)36)21(34)17-13-28-26(29-22(17)31)32-8-10-33(11-9-32)27(39)30-23-20(25(37)38-5-2)16-7-6-15(3)12-19(16)40-23/h13-15H,4-12H2,1-3H3,(H,30,39)(H,35,36)/t15-/m0/s1. The molecule has 40 heavy (non-hydrogen) atoms. The van der Waals surface area contributed by atoms with E-state index >= 15 is 0 Å². The predicted molar refractivity (Wildman–Crippen MR) is 158 cm³/mol. The number of pyridine rings is 1. The highest BCUT2D eigenvalue weighted by Crippen LogP contribution is 2.40. The SMILES string of the molecule is CCOC(=O)c1c(NC(=S)N2CCN(c3ncc4c(=O)c(C(=O)O)cn(CC)c4n3)CC2)sc2c1CC[C@H](C)C2. The van der Waals surface area contributed by atoms with Gasteiger partial charge in [0.15, 0.2) is 5.11 Å². The molecule has 4 heterocycles. The number of fused-ring (bicyclic) bond motifs is 2. The third-order valence-corrected chi connectivity index (χ3v) is 8.96. The highest BCUT2D eigenvalue weighted by molar-refractivity contribution is 7.80. The highest BCUT2D eigenvalue weighted by Gasteiger charge is 2.30. The minimum atomic E-state index is -1.27. The van der Waals surface area contributed by atoms with Gasteiger partial charge in [0, 0.05) is 50.0 Å². The Kier molecular flexibility index (Phi) is 8.04. The summed E-state index contributed by atoms with van der Waals surface area (Å²) in [7, 11) is 0. The molecule has 0 bridgehead atoms. The minimum absolute atomic E-state index is 0.181. The first-order valence-electron chi connectivity index (χ1n) is 13.5. The maximum absolute atomic E-state index is 12.9. The molecule has 3 aromatic heterocycles. The van der Waals surface area contributed by atoms with Crippen molar-refractivity contribution < 1.29 is 19.4 Å². The van der Waals surface area contributed by atoms with Crippen LogP contribution in [0.1, 0.15) is 58.3 Å². The van der Waals surface area contributed by atoms with Crippen LogP contribution >= 0.6 is 23.6 Å². The van der Waals surface area contributed by atoms with E-state index in [4.69, 9.17) is 17.0 Å². The van der Waals surface area contributed by atoms with Crippen molar-refractivity contribution in [3.63, 3.8) is 0 Å². The van der Waals surface area contributed by atoms with Gasteiger partial charge in [-0.2, -0.15) is 4.98 Å². The van der Waals surface area contributed by atoms with Gasteiger partial charge in [0.05, 0.1) is 17.6 Å². The monoisotopic (exact) mass is 584 g/mol. The average molecular weight is 585 g/mol. The fourth-order valence-electron chi connectivity index (χ4n) is 5.25. The molecule has 11 nitrogen and oxygen atoms in total. The number of aryl methyl sites for hydroxylation is 1. The Hall–Kier alpha value is -3.58. The van der Waals surface area contributed by atoms with Crippen molar-refractivity contribution in [1.29, 1.82) is 0 Å². The predicted octanol–water partition coefficient (Wildman–Crippen LogP) is 3.39. The van der Waals surface area contributed by atoms with Gasteiger partial charge in [-0.25, -0.2) is 14.6 Å². The van der Waals surface area contributed by atoms with Crippen LogP contribution in [0.25, 0.3) is 11.0 Å². The number of nitrogens with zero attached hydrogens (tertiary/aromatic N) is 5. The summed E-state index contributed by atoms with van der Waals surface area (Å²) >= 11 is 7.36. The van der Waals surface area contributed by atoms with Crippen LogP contribution in [0.5, 0.6) is 0 Å². The van der Waals surface area contributed by atoms with Crippen molar-refractivity contribution in [2.75, 3.05) is 43.0 Å². The Bertz CT molecular complexity index is 1540. The van der Waals surface area contributed by atoms with Crippen LogP contribution in [0, 0.1) is 5.92 Å². The Morgan fingerprint density at radius 2 is 2.00 bits per heavy atom. The van der Waals surface area contributed by atoms with E-state index in [2.05, 4.69) is 27.1 Å². The number of carboxylic acid groups (broad SMARTS) is 1. The van der Waals surface area contributed by atoms with Crippen molar-refractivity contribution in [3.05, 3.63) is 44.2 Å². The number of hydrogen-bond donors (Lipinski definition) is 2. The molecule has 5 rings (SSSR count). The first-order valence-corrected chi connectivity index (χ1v) is 14.7. The van der Waals surface area contributed by atoms with Crippen LogP contribution in [0.4, 0.5) is 10.9 Å². The number of ether oxygens (including phenoxy) is 1. The number of carbonyl (C=O) groups excluding carboxylic acids is 1. The number of esters is 1. The minimum Gasteiger partial charge on any atom is -0.477 e. The number of aromatic nitrogens is 3. The van der Waals surface area contributed by atoms with E-state index in [1.165, 1.54) is 17.3 Å². The number of hydrogen-bond acceptors (Lipinski definition) is 9. The largest absolute Gasteiger partial charge is 0.477 e. The van der Waals surface area contributed by atoms with Gasteiger partial charge in [-0.15, -0.1) is 11.3 Å². The highest BCUT2D eigenvalue weighted by atomic mass is 32.1. The number of rotatable bonds is 6.